The van der Waals surface area contributed by atoms with E-state index in [-0.39, 0.29) is 21.5 Å². The van der Waals surface area contributed by atoms with Gasteiger partial charge in [0.05, 0.1) is 15.5 Å². The molecule has 0 aliphatic carbocycles. The van der Waals surface area contributed by atoms with Crippen molar-refractivity contribution in [1.29, 1.82) is 0 Å². The van der Waals surface area contributed by atoms with E-state index in [1.54, 1.807) is 0 Å². The van der Waals surface area contributed by atoms with Gasteiger partial charge in [-0.2, -0.15) is 0 Å². The van der Waals surface area contributed by atoms with Crippen LogP contribution in [0.5, 0.6) is 0 Å². The number of hydrogen-bond acceptors (Lipinski definition) is 5. The first-order chi connectivity index (χ1) is 12.6. The lowest BCUT2D eigenvalue weighted by atomic mass is 10.1. The Hall–Kier alpha value is -1.64. The summed E-state index contributed by atoms with van der Waals surface area (Å²) in [6.07, 6.45) is 4.06. The van der Waals surface area contributed by atoms with Crippen LogP contribution < -0.4 is 5.32 Å². The van der Waals surface area contributed by atoms with Crippen molar-refractivity contribution < 1.29 is 22.7 Å². The molecule has 0 aliphatic heterocycles. The number of nitrogens with zero attached hydrogens (tertiary/aromatic N) is 1. The van der Waals surface area contributed by atoms with E-state index in [1.807, 2.05) is 6.92 Å². The van der Waals surface area contributed by atoms with Gasteiger partial charge < -0.3 is 10.1 Å². The molecule has 0 spiro atoms. The smallest absolute Gasteiger partial charge is 0.340 e. The van der Waals surface area contributed by atoms with Crippen molar-refractivity contribution in [3.05, 3.63) is 28.8 Å². The van der Waals surface area contributed by atoms with E-state index >= 15 is 0 Å². The minimum Gasteiger partial charge on any atom is -0.452 e. The minimum atomic E-state index is -3.72. The van der Waals surface area contributed by atoms with Gasteiger partial charge in [-0.1, -0.05) is 37.8 Å². The number of hydrogen-bond donors (Lipinski definition) is 1. The molecule has 0 heterocycles. The topological polar surface area (TPSA) is 92.8 Å². The monoisotopic (exact) mass is 418 g/mol. The van der Waals surface area contributed by atoms with Crippen molar-refractivity contribution in [1.82, 2.24) is 9.62 Å². The van der Waals surface area contributed by atoms with Gasteiger partial charge in [0, 0.05) is 20.1 Å². The van der Waals surface area contributed by atoms with E-state index in [1.165, 1.54) is 26.2 Å². The average molecular weight is 419 g/mol. The fourth-order valence-corrected chi connectivity index (χ4v) is 3.45. The summed E-state index contributed by atoms with van der Waals surface area (Å²) in [7, 11) is -0.955. The molecule has 0 aromatic heterocycles. The second kappa shape index (κ2) is 10.6. The first kappa shape index (κ1) is 23.4. The van der Waals surface area contributed by atoms with Crippen molar-refractivity contribution in [2.75, 3.05) is 20.7 Å². The quantitative estimate of drug-likeness (QED) is 0.466. The molecule has 0 radical (unpaired) electrons. The molecule has 7 nitrogen and oxygen atoms in total. The Morgan fingerprint density at radius 1 is 1.26 bits per heavy atom. The van der Waals surface area contributed by atoms with Gasteiger partial charge in [0.2, 0.25) is 10.0 Å². The highest BCUT2D eigenvalue weighted by Crippen LogP contribution is 2.22. The first-order valence-corrected chi connectivity index (χ1v) is 10.6. The summed E-state index contributed by atoms with van der Waals surface area (Å²) in [6, 6.07) is 3.74. The van der Waals surface area contributed by atoms with E-state index in [4.69, 9.17) is 16.3 Å². The van der Waals surface area contributed by atoms with Gasteiger partial charge in [-0.3, -0.25) is 4.79 Å². The van der Waals surface area contributed by atoms with Crippen LogP contribution in [0.15, 0.2) is 23.1 Å². The maximum atomic E-state index is 12.2. The Balaban J connectivity index is 2.71. The number of amides is 1. The number of halogens is 1. The molecule has 0 saturated heterocycles. The largest absolute Gasteiger partial charge is 0.452 e. The standard InChI is InChI=1S/C18H27ClN2O5S/c1-5-6-7-8-13(2)20-17(22)12-26-18(23)15-11-14(9-10-16(15)19)27(24,25)21(3)4/h9-11,13H,5-8,12H2,1-4H3,(H,20,22)/t13-/m0/s1. The zero-order chi connectivity index (χ0) is 20.6. The van der Waals surface area contributed by atoms with Crippen molar-refractivity contribution in [2.45, 2.75) is 50.5 Å². The SMILES string of the molecule is CCCCC[C@H](C)NC(=O)COC(=O)c1cc(S(=O)(=O)N(C)C)ccc1Cl. The zero-order valence-electron chi connectivity index (χ0n) is 16.1. The second-order valence-electron chi connectivity index (χ2n) is 6.47. The van der Waals surface area contributed by atoms with Crippen LogP contribution in [-0.2, 0) is 19.6 Å². The fourth-order valence-electron chi connectivity index (χ4n) is 2.33. The van der Waals surface area contributed by atoms with E-state index in [0.717, 1.165) is 36.1 Å². The lowest BCUT2D eigenvalue weighted by molar-refractivity contribution is -0.124. The van der Waals surface area contributed by atoms with Crippen LogP contribution >= 0.6 is 11.6 Å². The summed E-state index contributed by atoms with van der Waals surface area (Å²) in [5.74, 6) is -1.27. The molecule has 1 atom stereocenters. The van der Waals surface area contributed by atoms with Crippen LogP contribution in [0, 0.1) is 0 Å². The Labute approximate surface area is 166 Å². The van der Waals surface area contributed by atoms with Crippen molar-refractivity contribution in [3.63, 3.8) is 0 Å². The van der Waals surface area contributed by atoms with Crippen LogP contribution in [0.4, 0.5) is 0 Å². The number of unbranched alkanes of at least 4 members (excludes halogenated alkanes) is 2. The van der Waals surface area contributed by atoms with Gasteiger partial charge in [0.15, 0.2) is 6.61 Å². The average Bonchev–Trinajstić information content (AvgIpc) is 2.59. The van der Waals surface area contributed by atoms with E-state index in [0.29, 0.717) is 0 Å². The lowest BCUT2D eigenvalue weighted by Gasteiger charge is -2.14. The fraction of sp³-hybridized carbons (Fsp3) is 0.556. The minimum absolute atomic E-state index is 0.0140. The maximum Gasteiger partial charge on any atom is 0.340 e. The van der Waals surface area contributed by atoms with Gasteiger partial charge in [-0.15, -0.1) is 0 Å². The molecule has 152 valence electrons. The number of sulfonamides is 1. The van der Waals surface area contributed by atoms with Gasteiger partial charge >= 0.3 is 5.97 Å². The zero-order valence-corrected chi connectivity index (χ0v) is 17.7. The molecule has 1 aromatic carbocycles. The van der Waals surface area contributed by atoms with Crippen LogP contribution in [0.25, 0.3) is 0 Å². The first-order valence-electron chi connectivity index (χ1n) is 8.78. The van der Waals surface area contributed by atoms with E-state index in [9.17, 15) is 18.0 Å². The van der Waals surface area contributed by atoms with Crippen LogP contribution in [-0.4, -0.2) is 51.3 Å². The molecule has 0 unspecified atom stereocenters. The molecule has 27 heavy (non-hydrogen) atoms. The number of rotatable bonds is 10. The molecular weight excluding hydrogens is 392 g/mol. The highest BCUT2D eigenvalue weighted by Gasteiger charge is 2.22. The normalized spacial score (nSPS) is 12.7. The van der Waals surface area contributed by atoms with Gasteiger partial charge in [0.25, 0.3) is 5.91 Å². The Morgan fingerprint density at radius 2 is 1.93 bits per heavy atom. The van der Waals surface area contributed by atoms with Crippen molar-refractivity contribution in [2.24, 2.45) is 0 Å². The lowest BCUT2D eigenvalue weighted by Crippen LogP contribution is -2.35. The third kappa shape index (κ3) is 7.12. The summed E-state index contributed by atoms with van der Waals surface area (Å²) in [5.41, 5.74) is -0.108. The molecule has 0 bridgehead atoms. The summed E-state index contributed by atoms with van der Waals surface area (Å²) >= 11 is 5.98. The number of esters is 1. The van der Waals surface area contributed by atoms with Gasteiger partial charge in [0.1, 0.15) is 0 Å². The number of nitrogens with one attached hydrogen (secondary N) is 1. The molecule has 1 aromatic rings. The summed E-state index contributed by atoms with van der Waals surface area (Å²) < 4.78 is 30.4. The Kier molecular flexibility index (Phi) is 9.21. The summed E-state index contributed by atoms with van der Waals surface area (Å²) in [5, 5.41) is 2.81. The molecule has 0 saturated carbocycles. The van der Waals surface area contributed by atoms with E-state index < -0.39 is 28.5 Å². The highest BCUT2D eigenvalue weighted by atomic mass is 35.5. The number of benzene rings is 1. The maximum absolute atomic E-state index is 12.2. The van der Waals surface area contributed by atoms with Crippen LogP contribution in [0.2, 0.25) is 5.02 Å². The molecule has 0 fully saturated rings. The Bertz CT molecular complexity index is 765. The Morgan fingerprint density at radius 3 is 2.52 bits per heavy atom. The number of ether oxygens (including phenoxy) is 1. The third-order valence-electron chi connectivity index (χ3n) is 3.92. The number of carbonyl (C=O) groups is 2. The molecular formula is C18H27ClN2O5S. The van der Waals surface area contributed by atoms with E-state index in [2.05, 4.69) is 12.2 Å². The predicted molar refractivity (Wildman–Crippen MR) is 104 cm³/mol. The molecule has 1 N–H and O–H groups in total. The van der Waals surface area contributed by atoms with Crippen molar-refractivity contribution >= 4 is 33.5 Å². The summed E-state index contributed by atoms with van der Waals surface area (Å²) in [4.78, 5) is 24.0. The highest BCUT2D eigenvalue weighted by molar-refractivity contribution is 7.89. The molecule has 9 heteroatoms. The molecule has 1 rings (SSSR count). The third-order valence-corrected chi connectivity index (χ3v) is 6.06. The van der Waals surface area contributed by atoms with Crippen LogP contribution in [0.1, 0.15) is 49.9 Å². The predicted octanol–water partition coefficient (Wildman–Crippen LogP) is 2.83. The van der Waals surface area contributed by atoms with Crippen molar-refractivity contribution in [3.8, 4) is 0 Å². The number of carbonyl (C=O) groups excluding carboxylic acids is 2. The second-order valence-corrected chi connectivity index (χ2v) is 9.03. The molecule has 0 aliphatic rings. The van der Waals surface area contributed by atoms with Gasteiger partial charge in [-0.25, -0.2) is 17.5 Å². The molecule has 1 amide bonds. The summed E-state index contributed by atoms with van der Waals surface area (Å²) in [6.45, 7) is 3.53. The van der Waals surface area contributed by atoms with Gasteiger partial charge in [-0.05, 0) is 31.5 Å². The van der Waals surface area contributed by atoms with Crippen LogP contribution in [0.3, 0.4) is 0 Å².